The molecule has 4 heteroatoms. The standard InChI is InChI=1S/C17H28N2OS/c1-6-21-11-14-7-9-15(10-8-14)16(20)18-12-17(2,3)13-19(4)5/h7-10H,6,11-13H2,1-5H3,(H,18,20). The predicted molar refractivity (Wildman–Crippen MR) is 92.9 cm³/mol. The molecule has 1 aromatic carbocycles. The molecule has 1 aromatic rings. The zero-order chi connectivity index (χ0) is 15.9. The van der Waals surface area contributed by atoms with Crippen molar-refractivity contribution in [3.05, 3.63) is 35.4 Å². The van der Waals surface area contributed by atoms with Crippen LogP contribution in [0.1, 0.15) is 36.7 Å². The van der Waals surface area contributed by atoms with Crippen LogP contribution in [0.3, 0.4) is 0 Å². The molecule has 1 N–H and O–H groups in total. The summed E-state index contributed by atoms with van der Waals surface area (Å²) < 4.78 is 0. The molecule has 0 atom stereocenters. The molecule has 0 radical (unpaired) electrons. The summed E-state index contributed by atoms with van der Waals surface area (Å²) in [5.74, 6) is 2.13. The molecule has 0 aliphatic rings. The predicted octanol–water partition coefficient (Wildman–Crippen LogP) is 3.26. The molecule has 118 valence electrons. The molecule has 3 nitrogen and oxygen atoms in total. The normalized spacial score (nSPS) is 11.7. The number of rotatable bonds is 8. The van der Waals surface area contributed by atoms with Crippen LogP contribution in [0.5, 0.6) is 0 Å². The van der Waals surface area contributed by atoms with E-state index in [0.717, 1.165) is 23.6 Å². The molecular weight excluding hydrogens is 280 g/mol. The van der Waals surface area contributed by atoms with E-state index < -0.39 is 0 Å². The summed E-state index contributed by atoms with van der Waals surface area (Å²) in [6, 6.07) is 7.92. The van der Waals surface area contributed by atoms with Crippen LogP contribution in [0.4, 0.5) is 0 Å². The molecule has 0 bridgehead atoms. The van der Waals surface area contributed by atoms with E-state index in [2.05, 4.69) is 45.1 Å². The molecule has 21 heavy (non-hydrogen) atoms. The minimum absolute atomic E-state index is 0.0107. The smallest absolute Gasteiger partial charge is 0.251 e. The molecule has 0 aromatic heterocycles. The molecule has 0 saturated heterocycles. The number of carbonyl (C=O) groups excluding carboxylic acids is 1. The Labute approximate surface area is 133 Å². The molecule has 0 aliphatic heterocycles. The van der Waals surface area contributed by atoms with E-state index >= 15 is 0 Å². The third-order valence-corrected chi connectivity index (χ3v) is 4.11. The second kappa shape index (κ2) is 8.44. The van der Waals surface area contributed by atoms with Gasteiger partial charge in [0.1, 0.15) is 0 Å². The fraction of sp³-hybridized carbons (Fsp3) is 0.588. The van der Waals surface area contributed by atoms with Gasteiger partial charge in [0.2, 0.25) is 0 Å². The van der Waals surface area contributed by atoms with Gasteiger partial charge in [0.05, 0.1) is 0 Å². The van der Waals surface area contributed by atoms with E-state index in [0.29, 0.717) is 6.54 Å². The van der Waals surface area contributed by atoms with Crippen molar-refractivity contribution in [2.75, 3.05) is 32.9 Å². The molecule has 0 fully saturated rings. The molecule has 0 spiro atoms. The lowest BCUT2D eigenvalue weighted by Gasteiger charge is -2.28. The summed E-state index contributed by atoms with van der Waals surface area (Å²) in [7, 11) is 4.10. The van der Waals surface area contributed by atoms with E-state index in [9.17, 15) is 4.79 Å². The largest absolute Gasteiger partial charge is 0.351 e. The van der Waals surface area contributed by atoms with Gasteiger partial charge < -0.3 is 10.2 Å². The van der Waals surface area contributed by atoms with Gasteiger partial charge in [-0.15, -0.1) is 0 Å². The average Bonchev–Trinajstić information content (AvgIpc) is 2.42. The molecule has 0 saturated carbocycles. The van der Waals surface area contributed by atoms with E-state index in [1.165, 1.54) is 5.56 Å². The Morgan fingerprint density at radius 3 is 2.38 bits per heavy atom. The molecule has 0 aliphatic carbocycles. The zero-order valence-electron chi connectivity index (χ0n) is 13.9. The van der Waals surface area contributed by atoms with Crippen molar-refractivity contribution in [1.29, 1.82) is 0 Å². The Balaban J connectivity index is 2.52. The Bertz CT molecular complexity index is 441. The first-order valence-corrected chi connectivity index (χ1v) is 8.59. The number of benzene rings is 1. The fourth-order valence-electron chi connectivity index (χ4n) is 2.31. The van der Waals surface area contributed by atoms with E-state index in [4.69, 9.17) is 0 Å². The first kappa shape index (κ1) is 18.1. The SMILES string of the molecule is CCSCc1ccc(C(=O)NCC(C)(C)CN(C)C)cc1. The van der Waals surface area contributed by atoms with Gasteiger partial charge >= 0.3 is 0 Å². The monoisotopic (exact) mass is 308 g/mol. The first-order valence-electron chi connectivity index (χ1n) is 7.43. The lowest BCUT2D eigenvalue weighted by atomic mass is 9.93. The van der Waals surface area contributed by atoms with Gasteiger partial charge in [0, 0.05) is 24.4 Å². The summed E-state index contributed by atoms with van der Waals surface area (Å²) in [5.41, 5.74) is 2.07. The van der Waals surface area contributed by atoms with Crippen LogP contribution < -0.4 is 5.32 Å². The van der Waals surface area contributed by atoms with Gasteiger partial charge in [0.25, 0.3) is 5.91 Å². The number of amides is 1. The van der Waals surface area contributed by atoms with Crippen molar-refractivity contribution < 1.29 is 4.79 Å². The third-order valence-electron chi connectivity index (χ3n) is 3.16. The van der Waals surface area contributed by atoms with Crippen molar-refractivity contribution in [3.8, 4) is 0 Å². The van der Waals surface area contributed by atoms with E-state index in [1.54, 1.807) is 0 Å². The fourth-order valence-corrected chi connectivity index (χ4v) is 2.94. The van der Waals surface area contributed by atoms with Crippen LogP contribution in [0.15, 0.2) is 24.3 Å². The highest BCUT2D eigenvalue weighted by Crippen LogP contribution is 2.15. The van der Waals surface area contributed by atoms with Gasteiger partial charge in [0.15, 0.2) is 0 Å². The van der Waals surface area contributed by atoms with Crippen molar-refractivity contribution in [1.82, 2.24) is 10.2 Å². The Hall–Kier alpha value is -1.00. The maximum atomic E-state index is 12.2. The number of carbonyl (C=O) groups is 1. The number of hydrogen-bond acceptors (Lipinski definition) is 3. The zero-order valence-corrected chi connectivity index (χ0v) is 14.7. The molecular formula is C17H28N2OS. The van der Waals surface area contributed by atoms with Crippen molar-refractivity contribution in [2.45, 2.75) is 26.5 Å². The Morgan fingerprint density at radius 1 is 1.24 bits per heavy atom. The van der Waals surface area contributed by atoms with Crippen LogP contribution in [-0.2, 0) is 5.75 Å². The maximum absolute atomic E-state index is 12.2. The average molecular weight is 308 g/mol. The molecule has 1 rings (SSSR count). The summed E-state index contributed by atoms with van der Waals surface area (Å²) in [5, 5.41) is 3.04. The van der Waals surface area contributed by atoms with Crippen LogP contribution in [0.25, 0.3) is 0 Å². The second-order valence-corrected chi connectivity index (χ2v) is 7.69. The van der Waals surface area contributed by atoms with Gasteiger partial charge in [-0.25, -0.2) is 0 Å². The summed E-state index contributed by atoms with van der Waals surface area (Å²) in [6.45, 7) is 8.11. The quantitative estimate of drug-likeness (QED) is 0.800. The molecule has 1 amide bonds. The first-order chi connectivity index (χ1) is 9.84. The van der Waals surface area contributed by atoms with Crippen molar-refractivity contribution in [2.24, 2.45) is 5.41 Å². The molecule has 0 heterocycles. The number of hydrogen-bond donors (Lipinski definition) is 1. The Morgan fingerprint density at radius 2 is 1.86 bits per heavy atom. The summed E-state index contributed by atoms with van der Waals surface area (Å²) in [4.78, 5) is 14.3. The van der Waals surface area contributed by atoms with Gasteiger partial charge in [-0.05, 0) is 43.0 Å². The van der Waals surface area contributed by atoms with Crippen LogP contribution >= 0.6 is 11.8 Å². The van der Waals surface area contributed by atoms with Gasteiger partial charge in [-0.1, -0.05) is 32.9 Å². The van der Waals surface area contributed by atoms with Crippen molar-refractivity contribution in [3.63, 3.8) is 0 Å². The number of thioether (sulfide) groups is 1. The lowest BCUT2D eigenvalue weighted by Crippen LogP contribution is -2.39. The highest BCUT2D eigenvalue weighted by Gasteiger charge is 2.20. The second-order valence-electron chi connectivity index (χ2n) is 6.42. The Kier molecular flexibility index (Phi) is 7.26. The minimum atomic E-state index is 0.0107. The topological polar surface area (TPSA) is 32.3 Å². The summed E-state index contributed by atoms with van der Waals surface area (Å²) >= 11 is 1.89. The highest BCUT2D eigenvalue weighted by atomic mass is 32.2. The third kappa shape index (κ3) is 7.00. The highest BCUT2D eigenvalue weighted by molar-refractivity contribution is 7.98. The minimum Gasteiger partial charge on any atom is -0.351 e. The van der Waals surface area contributed by atoms with Crippen LogP contribution in [0.2, 0.25) is 0 Å². The van der Waals surface area contributed by atoms with Crippen LogP contribution in [0, 0.1) is 5.41 Å². The van der Waals surface area contributed by atoms with E-state index in [-0.39, 0.29) is 11.3 Å². The van der Waals surface area contributed by atoms with Gasteiger partial charge in [-0.2, -0.15) is 11.8 Å². The molecule has 0 unspecified atom stereocenters. The van der Waals surface area contributed by atoms with Gasteiger partial charge in [-0.3, -0.25) is 4.79 Å². The lowest BCUT2D eigenvalue weighted by molar-refractivity contribution is 0.0929. The van der Waals surface area contributed by atoms with Crippen LogP contribution in [-0.4, -0.2) is 43.7 Å². The maximum Gasteiger partial charge on any atom is 0.251 e. The number of nitrogens with one attached hydrogen (secondary N) is 1. The van der Waals surface area contributed by atoms with E-state index in [1.807, 2.05) is 36.0 Å². The summed E-state index contributed by atoms with van der Waals surface area (Å²) in [6.07, 6.45) is 0. The van der Waals surface area contributed by atoms with Crippen molar-refractivity contribution >= 4 is 17.7 Å². The number of nitrogens with zero attached hydrogens (tertiary/aromatic N) is 1.